The molecule has 4 aromatic rings. The number of carbonyl (C=O) groups excluding carboxylic acids is 1. The van der Waals surface area contributed by atoms with Crippen LogP contribution in [0.2, 0.25) is 0 Å². The highest BCUT2D eigenvalue weighted by Gasteiger charge is 2.18. The van der Waals surface area contributed by atoms with E-state index in [1.807, 2.05) is 34.9 Å². The van der Waals surface area contributed by atoms with Crippen LogP contribution in [-0.4, -0.2) is 44.5 Å². The Morgan fingerprint density at radius 3 is 2.64 bits per heavy atom. The number of hydrogen-bond donors (Lipinski definition) is 0. The van der Waals surface area contributed by atoms with Gasteiger partial charge < -0.3 is 9.47 Å². The number of pyridine rings is 1. The maximum Gasteiger partial charge on any atom is 0.192 e. The second-order valence-electron chi connectivity index (χ2n) is 7.54. The Bertz CT molecular complexity index is 1250. The van der Waals surface area contributed by atoms with Crippen molar-refractivity contribution in [3.63, 3.8) is 0 Å². The van der Waals surface area contributed by atoms with Gasteiger partial charge in [0.1, 0.15) is 0 Å². The van der Waals surface area contributed by atoms with Crippen molar-refractivity contribution in [3.8, 4) is 22.9 Å². The topological polar surface area (TPSA) is 79.1 Å². The number of aromatic nitrogens is 4. The van der Waals surface area contributed by atoms with Crippen LogP contribution in [0, 0.1) is 0 Å². The van der Waals surface area contributed by atoms with Crippen LogP contribution in [-0.2, 0) is 6.54 Å². The summed E-state index contributed by atoms with van der Waals surface area (Å²) in [5.41, 5.74) is 2.59. The van der Waals surface area contributed by atoms with Crippen LogP contribution in [0.1, 0.15) is 22.3 Å². The molecule has 7 nitrogen and oxygen atoms in total. The molecule has 0 spiro atoms. The third-order valence-corrected chi connectivity index (χ3v) is 6.19. The zero-order valence-corrected chi connectivity index (χ0v) is 18.7. The average Bonchev–Trinajstić information content (AvgIpc) is 3.10. The van der Waals surface area contributed by atoms with E-state index in [0.29, 0.717) is 42.0 Å². The van der Waals surface area contributed by atoms with Crippen LogP contribution in [0.25, 0.3) is 11.4 Å². The molecule has 0 radical (unpaired) electrons. The lowest BCUT2D eigenvalue weighted by atomic mass is 10.1. The molecule has 0 saturated heterocycles. The predicted molar refractivity (Wildman–Crippen MR) is 126 cm³/mol. The fraction of sp³-hybridized carbons (Fsp3) is 0.200. The molecule has 2 aromatic heterocycles. The van der Waals surface area contributed by atoms with Gasteiger partial charge in [-0.25, -0.2) is 0 Å². The van der Waals surface area contributed by atoms with Crippen LogP contribution < -0.4 is 9.47 Å². The SMILES string of the molecule is O=C(CSc1nnc(-c2cccnc2)n1Cc1ccccc1)c1ccc2c(c1)OCCCO2. The molecular weight excluding hydrogens is 436 g/mol. The molecule has 33 heavy (non-hydrogen) atoms. The van der Waals surface area contributed by atoms with Gasteiger partial charge in [0.05, 0.1) is 25.5 Å². The van der Waals surface area contributed by atoms with Crippen molar-refractivity contribution in [2.75, 3.05) is 19.0 Å². The Balaban J connectivity index is 1.37. The molecule has 2 aromatic carbocycles. The van der Waals surface area contributed by atoms with E-state index in [0.717, 1.165) is 23.4 Å². The lowest BCUT2D eigenvalue weighted by molar-refractivity contribution is 0.102. The number of benzene rings is 2. The molecular formula is C25H22N4O3S. The van der Waals surface area contributed by atoms with Crippen LogP contribution in [0.15, 0.2) is 78.2 Å². The summed E-state index contributed by atoms with van der Waals surface area (Å²) in [6.45, 7) is 1.80. The number of ketones is 1. The highest BCUT2D eigenvalue weighted by atomic mass is 32.2. The van der Waals surface area contributed by atoms with Gasteiger partial charge in [0.2, 0.25) is 0 Å². The molecule has 0 fully saturated rings. The molecule has 0 saturated carbocycles. The molecule has 3 heterocycles. The first-order valence-corrected chi connectivity index (χ1v) is 11.7. The summed E-state index contributed by atoms with van der Waals surface area (Å²) in [5.74, 6) is 2.25. The molecule has 1 aliphatic heterocycles. The Labute approximate surface area is 195 Å². The van der Waals surface area contributed by atoms with Gasteiger partial charge in [0.25, 0.3) is 0 Å². The number of hydrogen-bond acceptors (Lipinski definition) is 7. The third-order valence-electron chi connectivity index (χ3n) is 5.22. The van der Waals surface area contributed by atoms with Gasteiger partial charge in [-0.05, 0) is 35.9 Å². The molecule has 5 rings (SSSR count). The van der Waals surface area contributed by atoms with Crippen molar-refractivity contribution in [3.05, 3.63) is 84.2 Å². The number of rotatable bonds is 7. The fourth-order valence-electron chi connectivity index (χ4n) is 3.56. The number of carbonyl (C=O) groups is 1. The summed E-state index contributed by atoms with van der Waals surface area (Å²) in [7, 11) is 0. The normalized spacial score (nSPS) is 12.8. The van der Waals surface area contributed by atoms with E-state index in [9.17, 15) is 4.79 Å². The van der Waals surface area contributed by atoms with Crippen molar-refractivity contribution < 1.29 is 14.3 Å². The molecule has 8 heteroatoms. The summed E-state index contributed by atoms with van der Waals surface area (Å²) in [6, 6.07) is 19.3. The third kappa shape index (κ3) is 4.90. The van der Waals surface area contributed by atoms with E-state index < -0.39 is 0 Å². The summed E-state index contributed by atoms with van der Waals surface area (Å²) in [5, 5.41) is 9.47. The molecule has 0 amide bonds. The van der Waals surface area contributed by atoms with Crippen molar-refractivity contribution in [2.45, 2.75) is 18.1 Å². The maximum absolute atomic E-state index is 13.0. The van der Waals surface area contributed by atoms with Gasteiger partial charge >= 0.3 is 0 Å². The second kappa shape index (κ2) is 9.87. The standard InChI is InChI=1S/C25H22N4O3S/c30-21(19-9-10-22-23(14-19)32-13-5-12-31-22)17-33-25-28-27-24(20-8-4-11-26-15-20)29(25)16-18-6-2-1-3-7-18/h1-4,6-11,14-15H,5,12-13,16-17H2. The molecule has 166 valence electrons. The minimum absolute atomic E-state index is 0.00663. The summed E-state index contributed by atoms with van der Waals surface area (Å²) >= 11 is 1.37. The number of thioether (sulfide) groups is 1. The number of Topliss-reactive ketones (excluding diaryl/α,β-unsaturated/α-hetero) is 1. The van der Waals surface area contributed by atoms with Gasteiger partial charge in [0, 0.05) is 29.9 Å². The molecule has 0 aliphatic carbocycles. The van der Waals surface area contributed by atoms with E-state index in [1.165, 1.54) is 11.8 Å². The van der Waals surface area contributed by atoms with E-state index in [4.69, 9.17) is 9.47 Å². The smallest absolute Gasteiger partial charge is 0.192 e. The van der Waals surface area contributed by atoms with E-state index in [2.05, 4.69) is 27.3 Å². The zero-order chi connectivity index (χ0) is 22.5. The van der Waals surface area contributed by atoms with E-state index >= 15 is 0 Å². The minimum atomic E-state index is -0.00663. The zero-order valence-electron chi connectivity index (χ0n) is 17.9. The average molecular weight is 459 g/mol. The second-order valence-corrected chi connectivity index (χ2v) is 8.49. The quantitative estimate of drug-likeness (QED) is 0.297. The lowest BCUT2D eigenvalue weighted by Crippen LogP contribution is -2.07. The van der Waals surface area contributed by atoms with Crippen molar-refractivity contribution in [1.82, 2.24) is 19.7 Å². The summed E-state index contributed by atoms with van der Waals surface area (Å²) in [6.07, 6.45) is 4.32. The number of fused-ring (bicyclic) bond motifs is 1. The molecule has 0 bridgehead atoms. The maximum atomic E-state index is 13.0. The van der Waals surface area contributed by atoms with E-state index in [1.54, 1.807) is 30.6 Å². The van der Waals surface area contributed by atoms with Gasteiger partial charge in [-0.1, -0.05) is 42.1 Å². The molecule has 0 N–H and O–H groups in total. The highest BCUT2D eigenvalue weighted by molar-refractivity contribution is 7.99. The predicted octanol–water partition coefficient (Wildman–Crippen LogP) is 4.52. The monoisotopic (exact) mass is 458 g/mol. The van der Waals surface area contributed by atoms with Crippen LogP contribution in [0.5, 0.6) is 11.5 Å². The lowest BCUT2D eigenvalue weighted by Gasteiger charge is -2.11. The van der Waals surface area contributed by atoms with Crippen molar-refractivity contribution in [1.29, 1.82) is 0 Å². The van der Waals surface area contributed by atoms with Crippen molar-refractivity contribution in [2.24, 2.45) is 0 Å². The van der Waals surface area contributed by atoms with Crippen LogP contribution in [0.3, 0.4) is 0 Å². The van der Waals surface area contributed by atoms with Crippen LogP contribution in [0.4, 0.5) is 0 Å². The fourth-order valence-corrected chi connectivity index (χ4v) is 4.40. The number of nitrogens with zero attached hydrogens (tertiary/aromatic N) is 4. The summed E-state index contributed by atoms with van der Waals surface area (Å²) < 4.78 is 13.4. The molecule has 0 atom stereocenters. The summed E-state index contributed by atoms with van der Waals surface area (Å²) in [4.78, 5) is 17.2. The van der Waals surface area contributed by atoms with Gasteiger partial charge in [-0.2, -0.15) is 0 Å². The number of ether oxygens (including phenoxy) is 2. The van der Waals surface area contributed by atoms with Gasteiger partial charge in [-0.15, -0.1) is 10.2 Å². The van der Waals surface area contributed by atoms with Gasteiger partial charge in [-0.3, -0.25) is 14.3 Å². The first kappa shape index (κ1) is 21.2. The first-order valence-electron chi connectivity index (χ1n) is 10.7. The highest BCUT2D eigenvalue weighted by Crippen LogP contribution is 2.31. The Kier molecular flexibility index (Phi) is 6.34. The van der Waals surface area contributed by atoms with E-state index in [-0.39, 0.29) is 11.5 Å². The Morgan fingerprint density at radius 1 is 0.970 bits per heavy atom. The Morgan fingerprint density at radius 2 is 1.82 bits per heavy atom. The van der Waals surface area contributed by atoms with Gasteiger partial charge in [0.15, 0.2) is 28.3 Å². The van der Waals surface area contributed by atoms with Crippen LogP contribution >= 0.6 is 11.8 Å². The first-order chi connectivity index (χ1) is 16.3. The Hall–Kier alpha value is -3.65. The minimum Gasteiger partial charge on any atom is -0.490 e. The molecule has 1 aliphatic rings. The largest absolute Gasteiger partial charge is 0.490 e. The van der Waals surface area contributed by atoms with Crippen molar-refractivity contribution >= 4 is 17.5 Å². The molecule has 0 unspecified atom stereocenters.